The maximum atomic E-state index is 13.4. The molecule has 6 rings (SSSR count). The second kappa shape index (κ2) is 9.39. The number of rotatable bonds is 6. The molecule has 1 aliphatic heterocycles. The molecule has 0 saturated carbocycles. The van der Waals surface area contributed by atoms with Crippen LogP contribution in [0.1, 0.15) is 23.6 Å². The molecular weight excluding hydrogens is 472 g/mol. The molecule has 7 nitrogen and oxygen atoms in total. The number of nitrogens with zero attached hydrogens (tertiary/aromatic N) is 4. The first kappa shape index (κ1) is 22.2. The van der Waals surface area contributed by atoms with E-state index in [4.69, 9.17) is 14.6 Å². The molecule has 1 aliphatic rings. The Morgan fingerprint density at radius 3 is 2.69 bits per heavy atom. The predicted octanol–water partition coefficient (Wildman–Crippen LogP) is 5.61. The van der Waals surface area contributed by atoms with Gasteiger partial charge < -0.3 is 9.47 Å². The number of fused-ring (bicyclic) bond motifs is 2. The van der Waals surface area contributed by atoms with Crippen molar-refractivity contribution in [3.05, 3.63) is 95.6 Å². The summed E-state index contributed by atoms with van der Waals surface area (Å²) in [6, 6.07) is 23.9. The lowest BCUT2D eigenvalue weighted by Gasteiger charge is -2.22. The maximum Gasteiger partial charge on any atom is 0.281 e. The van der Waals surface area contributed by atoms with Gasteiger partial charge >= 0.3 is 0 Å². The second-order valence-electron chi connectivity index (χ2n) is 8.45. The van der Waals surface area contributed by atoms with E-state index in [1.165, 1.54) is 17.7 Å². The van der Waals surface area contributed by atoms with Gasteiger partial charge in [0.1, 0.15) is 16.9 Å². The van der Waals surface area contributed by atoms with Crippen LogP contribution in [0.15, 0.2) is 89.6 Å². The van der Waals surface area contributed by atoms with Crippen molar-refractivity contribution in [2.24, 2.45) is 5.10 Å². The zero-order valence-corrected chi connectivity index (χ0v) is 20.3. The summed E-state index contributed by atoms with van der Waals surface area (Å²) >= 11 is 1.50. The van der Waals surface area contributed by atoms with E-state index in [1.54, 1.807) is 12.1 Å². The molecule has 0 spiro atoms. The Morgan fingerprint density at radius 1 is 1.03 bits per heavy atom. The van der Waals surface area contributed by atoms with Gasteiger partial charge in [-0.2, -0.15) is 5.10 Å². The standard InChI is InChI=1S/C28H22N4O3S/c1-34-22-10-8-19(9-11-22)25-15-24(21-7-6-18-4-2-3-5-20(18)14-21)31-32(25)26(33)16-35-27-23-12-13-36-28(23)30-17-29-27/h2-14,17,25H,15-16H2,1H3/t25-/m0/s1. The summed E-state index contributed by atoms with van der Waals surface area (Å²) < 4.78 is 11.2. The van der Waals surface area contributed by atoms with Crippen molar-refractivity contribution < 1.29 is 14.3 Å². The summed E-state index contributed by atoms with van der Waals surface area (Å²) in [7, 11) is 1.64. The highest BCUT2D eigenvalue weighted by molar-refractivity contribution is 7.16. The number of methoxy groups -OCH3 is 1. The van der Waals surface area contributed by atoms with Crippen LogP contribution in [0.25, 0.3) is 21.0 Å². The van der Waals surface area contributed by atoms with Crippen LogP contribution in [0.4, 0.5) is 0 Å². The van der Waals surface area contributed by atoms with Gasteiger partial charge in [-0.15, -0.1) is 11.3 Å². The smallest absolute Gasteiger partial charge is 0.281 e. The lowest BCUT2D eigenvalue weighted by atomic mass is 9.97. The minimum absolute atomic E-state index is 0.177. The van der Waals surface area contributed by atoms with E-state index in [-0.39, 0.29) is 18.6 Å². The van der Waals surface area contributed by atoms with Crippen molar-refractivity contribution in [2.45, 2.75) is 12.5 Å². The van der Waals surface area contributed by atoms with Gasteiger partial charge in [-0.3, -0.25) is 4.79 Å². The molecule has 1 atom stereocenters. The molecule has 0 unspecified atom stereocenters. The van der Waals surface area contributed by atoms with Crippen molar-refractivity contribution in [2.75, 3.05) is 13.7 Å². The van der Waals surface area contributed by atoms with Gasteiger partial charge in [-0.1, -0.05) is 48.5 Å². The third-order valence-corrected chi connectivity index (χ3v) is 7.13. The highest BCUT2D eigenvalue weighted by Gasteiger charge is 2.33. The number of hydrazone groups is 1. The lowest BCUT2D eigenvalue weighted by Crippen LogP contribution is -2.31. The maximum absolute atomic E-state index is 13.4. The molecule has 178 valence electrons. The van der Waals surface area contributed by atoms with E-state index < -0.39 is 0 Å². The normalized spacial score (nSPS) is 15.3. The van der Waals surface area contributed by atoms with Crippen LogP contribution in [0.2, 0.25) is 0 Å². The fraction of sp³-hybridized carbons (Fsp3) is 0.143. The van der Waals surface area contributed by atoms with Crippen LogP contribution in [0.5, 0.6) is 11.6 Å². The average Bonchev–Trinajstić information content (AvgIpc) is 3.60. The van der Waals surface area contributed by atoms with Crippen molar-refractivity contribution in [1.82, 2.24) is 15.0 Å². The third kappa shape index (κ3) is 4.16. The average molecular weight is 495 g/mol. The lowest BCUT2D eigenvalue weighted by molar-refractivity contribution is -0.135. The first-order valence-corrected chi connectivity index (χ1v) is 12.4. The number of hydrogen-bond acceptors (Lipinski definition) is 7. The van der Waals surface area contributed by atoms with Crippen LogP contribution in [-0.4, -0.2) is 40.3 Å². The molecule has 2 aromatic heterocycles. The van der Waals surface area contributed by atoms with Crippen LogP contribution >= 0.6 is 11.3 Å². The van der Waals surface area contributed by atoms with Gasteiger partial charge in [0.15, 0.2) is 6.61 Å². The largest absolute Gasteiger partial charge is 0.497 e. The molecule has 0 radical (unpaired) electrons. The first-order chi connectivity index (χ1) is 17.7. The summed E-state index contributed by atoms with van der Waals surface area (Å²) in [6.45, 7) is -0.177. The Morgan fingerprint density at radius 2 is 1.86 bits per heavy atom. The summed E-state index contributed by atoms with van der Waals surface area (Å²) in [6.07, 6.45) is 2.04. The predicted molar refractivity (Wildman–Crippen MR) is 141 cm³/mol. The Hall–Kier alpha value is -4.30. The molecule has 3 heterocycles. The summed E-state index contributed by atoms with van der Waals surface area (Å²) in [5, 5.41) is 11.3. The third-order valence-electron chi connectivity index (χ3n) is 6.31. The first-order valence-electron chi connectivity index (χ1n) is 11.5. The number of amides is 1. The van der Waals surface area contributed by atoms with Crippen LogP contribution in [0.3, 0.4) is 0 Å². The molecule has 0 fully saturated rings. The molecule has 0 bridgehead atoms. The fourth-order valence-corrected chi connectivity index (χ4v) is 5.17. The zero-order valence-electron chi connectivity index (χ0n) is 19.5. The topological polar surface area (TPSA) is 76.9 Å². The molecule has 0 aliphatic carbocycles. The van der Waals surface area contributed by atoms with Gasteiger partial charge in [-0.25, -0.2) is 15.0 Å². The molecule has 36 heavy (non-hydrogen) atoms. The number of ether oxygens (including phenoxy) is 2. The van der Waals surface area contributed by atoms with Gasteiger partial charge in [0, 0.05) is 6.42 Å². The van der Waals surface area contributed by atoms with Crippen LogP contribution in [-0.2, 0) is 4.79 Å². The van der Waals surface area contributed by atoms with Gasteiger partial charge in [0.25, 0.3) is 5.91 Å². The van der Waals surface area contributed by atoms with E-state index in [0.717, 1.165) is 43.6 Å². The number of carbonyl (C=O) groups is 1. The van der Waals surface area contributed by atoms with E-state index in [1.807, 2.05) is 47.8 Å². The summed E-state index contributed by atoms with van der Waals surface area (Å²) in [5.41, 5.74) is 2.84. The zero-order chi connectivity index (χ0) is 24.5. The number of aromatic nitrogens is 2. The Labute approximate surface area is 211 Å². The Kier molecular flexibility index (Phi) is 5.79. The number of carbonyl (C=O) groups excluding carboxylic acids is 1. The van der Waals surface area contributed by atoms with Crippen LogP contribution < -0.4 is 9.47 Å². The van der Waals surface area contributed by atoms with Crippen molar-refractivity contribution >= 4 is 43.9 Å². The second-order valence-corrected chi connectivity index (χ2v) is 9.34. The number of benzene rings is 3. The van der Waals surface area contributed by atoms with E-state index >= 15 is 0 Å². The highest BCUT2D eigenvalue weighted by Crippen LogP contribution is 2.34. The molecule has 8 heteroatoms. The molecule has 1 amide bonds. The minimum atomic E-state index is -0.250. The Balaban J connectivity index is 1.30. The Bertz CT molecular complexity index is 1600. The van der Waals surface area contributed by atoms with Gasteiger partial charge in [0.05, 0.1) is 24.2 Å². The van der Waals surface area contributed by atoms with Crippen LogP contribution in [0, 0.1) is 0 Å². The van der Waals surface area contributed by atoms with E-state index in [2.05, 4.69) is 40.3 Å². The molecule has 5 aromatic rings. The van der Waals surface area contributed by atoms with Gasteiger partial charge in [0.2, 0.25) is 5.88 Å². The SMILES string of the molecule is COc1ccc([C@@H]2CC(c3ccc4ccccc4c3)=NN2C(=O)COc2ncnc3sccc23)cc1. The monoisotopic (exact) mass is 494 g/mol. The van der Waals surface area contributed by atoms with Crippen molar-refractivity contribution in [1.29, 1.82) is 0 Å². The van der Waals surface area contributed by atoms with E-state index in [0.29, 0.717) is 12.3 Å². The van der Waals surface area contributed by atoms with Crippen molar-refractivity contribution in [3.63, 3.8) is 0 Å². The molecule has 0 N–H and O–H groups in total. The summed E-state index contributed by atoms with van der Waals surface area (Å²) in [4.78, 5) is 22.7. The number of hydrogen-bond donors (Lipinski definition) is 0. The molecular formula is C28H22N4O3S. The quantitative estimate of drug-likeness (QED) is 0.307. The molecule has 3 aromatic carbocycles. The van der Waals surface area contributed by atoms with Crippen molar-refractivity contribution in [3.8, 4) is 11.6 Å². The fourth-order valence-electron chi connectivity index (χ4n) is 4.45. The summed E-state index contributed by atoms with van der Waals surface area (Å²) in [5.74, 6) is 0.916. The van der Waals surface area contributed by atoms with Gasteiger partial charge in [-0.05, 0) is 51.5 Å². The minimum Gasteiger partial charge on any atom is -0.497 e. The molecule has 0 saturated heterocycles. The highest BCUT2D eigenvalue weighted by atomic mass is 32.1. The van der Waals surface area contributed by atoms with E-state index in [9.17, 15) is 4.79 Å². The number of thiophene rings is 1.